The molecule has 1 aliphatic carbocycles. The molecule has 0 aromatic heterocycles. The summed E-state index contributed by atoms with van der Waals surface area (Å²) < 4.78 is 0. The Morgan fingerprint density at radius 2 is 1.29 bits per heavy atom. The van der Waals surface area contributed by atoms with Crippen LogP contribution >= 0.6 is 0 Å². The summed E-state index contributed by atoms with van der Waals surface area (Å²) >= 11 is 0. The van der Waals surface area contributed by atoms with Crippen LogP contribution in [0.3, 0.4) is 0 Å². The van der Waals surface area contributed by atoms with Crippen molar-refractivity contribution in [3.63, 3.8) is 0 Å². The first kappa shape index (κ1) is 10.2. The normalized spacial score (nSPS) is 27.1. The Kier molecular flexibility index (Phi) is 4.05. The number of rotatable bonds is 2. The lowest BCUT2D eigenvalue weighted by Gasteiger charge is -2.22. The van der Waals surface area contributed by atoms with E-state index in [1.165, 1.54) is 58.0 Å². The number of hydrogen-bond donors (Lipinski definition) is 1. The molecule has 1 saturated heterocycles. The Hall–Kier alpha value is -0.300. The molecule has 1 saturated carbocycles. The molecular weight excluding hydrogens is 170 g/mol. The SMILES string of the molecule is C(=C\C1CCNCC1)/C1CCCCC1. The van der Waals surface area contributed by atoms with Crippen LogP contribution in [-0.2, 0) is 0 Å². The lowest BCUT2D eigenvalue weighted by atomic mass is 9.87. The van der Waals surface area contributed by atoms with E-state index < -0.39 is 0 Å². The largest absolute Gasteiger partial charge is 0.317 e. The zero-order valence-corrected chi connectivity index (χ0v) is 9.17. The van der Waals surface area contributed by atoms with E-state index in [-0.39, 0.29) is 0 Å². The van der Waals surface area contributed by atoms with E-state index >= 15 is 0 Å². The Morgan fingerprint density at radius 1 is 0.714 bits per heavy atom. The maximum Gasteiger partial charge on any atom is -0.00433 e. The third-order valence-corrected chi connectivity index (χ3v) is 3.69. The molecule has 0 unspecified atom stereocenters. The van der Waals surface area contributed by atoms with Gasteiger partial charge in [-0.3, -0.25) is 0 Å². The van der Waals surface area contributed by atoms with Gasteiger partial charge in [-0.1, -0.05) is 31.4 Å². The minimum Gasteiger partial charge on any atom is -0.317 e. The second-order valence-corrected chi connectivity index (χ2v) is 4.87. The molecule has 2 rings (SSSR count). The van der Waals surface area contributed by atoms with Crippen molar-refractivity contribution < 1.29 is 0 Å². The van der Waals surface area contributed by atoms with Gasteiger partial charge in [0.05, 0.1) is 0 Å². The van der Waals surface area contributed by atoms with Crippen LogP contribution in [0.5, 0.6) is 0 Å². The molecule has 80 valence electrons. The van der Waals surface area contributed by atoms with Gasteiger partial charge < -0.3 is 5.32 Å². The third kappa shape index (κ3) is 3.13. The quantitative estimate of drug-likeness (QED) is 0.664. The van der Waals surface area contributed by atoms with Gasteiger partial charge in [0.15, 0.2) is 0 Å². The number of piperidine rings is 1. The van der Waals surface area contributed by atoms with E-state index in [4.69, 9.17) is 0 Å². The highest BCUT2D eigenvalue weighted by atomic mass is 14.9. The van der Waals surface area contributed by atoms with E-state index in [0.29, 0.717) is 0 Å². The highest BCUT2D eigenvalue weighted by Crippen LogP contribution is 2.25. The van der Waals surface area contributed by atoms with E-state index in [0.717, 1.165) is 11.8 Å². The fourth-order valence-electron chi connectivity index (χ4n) is 2.68. The van der Waals surface area contributed by atoms with Crippen LogP contribution in [0, 0.1) is 11.8 Å². The zero-order chi connectivity index (χ0) is 9.64. The van der Waals surface area contributed by atoms with Crippen molar-refractivity contribution in [2.75, 3.05) is 13.1 Å². The van der Waals surface area contributed by atoms with Gasteiger partial charge >= 0.3 is 0 Å². The van der Waals surface area contributed by atoms with Gasteiger partial charge in [0.25, 0.3) is 0 Å². The summed E-state index contributed by atoms with van der Waals surface area (Å²) in [5.74, 6) is 1.79. The fraction of sp³-hybridized carbons (Fsp3) is 0.846. The molecule has 0 spiro atoms. The lowest BCUT2D eigenvalue weighted by molar-refractivity contribution is 0.407. The number of nitrogens with one attached hydrogen (secondary N) is 1. The predicted molar refractivity (Wildman–Crippen MR) is 61.3 cm³/mol. The van der Waals surface area contributed by atoms with Crippen molar-refractivity contribution >= 4 is 0 Å². The first-order chi connectivity index (χ1) is 6.95. The minimum absolute atomic E-state index is 0.873. The summed E-state index contributed by atoms with van der Waals surface area (Å²) in [7, 11) is 0. The van der Waals surface area contributed by atoms with Gasteiger partial charge in [-0.25, -0.2) is 0 Å². The summed E-state index contributed by atoms with van der Waals surface area (Å²) in [5, 5.41) is 3.42. The summed E-state index contributed by atoms with van der Waals surface area (Å²) in [6.45, 7) is 2.44. The maximum atomic E-state index is 3.42. The van der Waals surface area contributed by atoms with Gasteiger partial charge in [0.2, 0.25) is 0 Å². The van der Waals surface area contributed by atoms with Crippen LogP contribution < -0.4 is 5.32 Å². The average molecular weight is 193 g/mol. The lowest BCUT2D eigenvalue weighted by Crippen LogP contribution is -2.26. The van der Waals surface area contributed by atoms with E-state index in [2.05, 4.69) is 17.5 Å². The van der Waals surface area contributed by atoms with Crippen LogP contribution in [0.25, 0.3) is 0 Å². The third-order valence-electron chi connectivity index (χ3n) is 3.69. The van der Waals surface area contributed by atoms with Gasteiger partial charge in [0.1, 0.15) is 0 Å². The van der Waals surface area contributed by atoms with Crippen molar-refractivity contribution in [2.45, 2.75) is 44.9 Å². The van der Waals surface area contributed by atoms with Crippen LogP contribution in [0.15, 0.2) is 12.2 Å². The molecule has 1 heteroatoms. The second-order valence-electron chi connectivity index (χ2n) is 4.87. The van der Waals surface area contributed by atoms with Crippen molar-refractivity contribution in [3.8, 4) is 0 Å². The summed E-state index contributed by atoms with van der Waals surface area (Å²) in [6, 6.07) is 0. The monoisotopic (exact) mass is 193 g/mol. The van der Waals surface area contributed by atoms with Crippen LogP contribution in [0.4, 0.5) is 0 Å². The topological polar surface area (TPSA) is 12.0 Å². The first-order valence-electron chi connectivity index (χ1n) is 6.34. The van der Waals surface area contributed by atoms with Crippen molar-refractivity contribution in [1.82, 2.24) is 5.32 Å². The first-order valence-corrected chi connectivity index (χ1v) is 6.34. The van der Waals surface area contributed by atoms with Crippen molar-refractivity contribution in [3.05, 3.63) is 12.2 Å². The molecule has 0 radical (unpaired) electrons. The molecule has 2 aliphatic rings. The summed E-state index contributed by atoms with van der Waals surface area (Å²) in [4.78, 5) is 0. The molecule has 1 nitrogen and oxygen atoms in total. The average Bonchev–Trinajstić information content (AvgIpc) is 2.29. The molecule has 0 bridgehead atoms. The second kappa shape index (κ2) is 5.55. The Balaban J connectivity index is 1.73. The van der Waals surface area contributed by atoms with Crippen molar-refractivity contribution in [1.29, 1.82) is 0 Å². The molecule has 0 atom stereocenters. The summed E-state index contributed by atoms with van der Waals surface area (Å²) in [6.07, 6.45) is 15.0. The van der Waals surface area contributed by atoms with Crippen LogP contribution in [0.2, 0.25) is 0 Å². The van der Waals surface area contributed by atoms with Gasteiger partial charge in [-0.05, 0) is 50.6 Å². The van der Waals surface area contributed by atoms with Crippen LogP contribution in [-0.4, -0.2) is 13.1 Å². The van der Waals surface area contributed by atoms with E-state index in [1.807, 2.05) is 0 Å². The Labute approximate surface area is 88.0 Å². The molecule has 1 aliphatic heterocycles. The smallest absolute Gasteiger partial charge is 0.00433 e. The maximum absolute atomic E-state index is 3.42. The van der Waals surface area contributed by atoms with Crippen molar-refractivity contribution in [2.24, 2.45) is 11.8 Å². The molecule has 14 heavy (non-hydrogen) atoms. The van der Waals surface area contributed by atoms with E-state index in [1.54, 1.807) is 0 Å². The Bertz CT molecular complexity index is 154. The number of hydrogen-bond acceptors (Lipinski definition) is 1. The van der Waals surface area contributed by atoms with Gasteiger partial charge in [-0.2, -0.15) is 0 Å². The molecule has 0 amide bonds. The van der Waals surface area contributed by atoms with Gasteiger partial charge in [0, 0.05) is 0 Å². The molecule has 1 N–H and O–H groups in total. The molecule has 2 fully saturated rings. The van der Waals surface area contributed by atoms with E-state index in [9.17, 15) is 0 Å². The fourth-order valence-corrected chi connectivity index (χ4v) is 2.68. The van der Waals surface area contributed by atoms with Crippen LogP contribution in [0.1, 0.15) is 44.9 Å². The standard InChI is InChI=1S/C13H23N/c1-2-4-12(5-3-1)6-7-13-8-10-14-11-9-13/h6-7,12-14H,1-5,8-11H2/b7-6+. The zero-order valence-electron chi connectivity index (χ0n) is 9.17. The number of allylic oxidation sites excluding steroid dienone is 2. The van der Waals surface area contributed by atoms with Gasteiger partial charge in [-0.15, -0.1) is 0 Å². The molecule has 0 aromatic carbocycles. The molecule has 0 aromatic rings. The molecular formula is C13H23N. The Morgan fingerprint density at radius 3 is 1.93 bits per heavy atom. The highest BCUT2D eigenvalue weighted by Gasteiger charge is 2.12. The minimum atomic E-state index is 0.873. The highest BCUT2D eigenvalue weighted by molar-refractivity contribution is 4.95. The predicted octanol–water partition coefficient (Wildman–Crippen LogP) is 3.12. The summed E-state index contributed by atoms with van der Waals surface area (Å²) in [5.41, 5.74) is 0. The molecule has 1 heterocycles.